The van der Waals surface area contributed by atoms with Crippen molar-refractivity contribution in [2.45, 2.75) is 39.2 Å². The second kappa shape index (κ2) is 11.9. The number of halogens is 2. The molecule has 0 radical (unpaired) electrons. The van der Waals surface area contributed by atoms with Gasteiger partial charge in [0.1, 0.15) is 35.1 Å². The standard InChI is InChI=1S/C28H23ClFN3O3S/c1-2-35-24-13-18(12-23(29)26(24)36-16-17-7-9-20(30)10-8-17)11-19(14-31)27(34)33-28-22(15-32)21-5-3-4-6-25(21)37-28/h7-13H,2-6,16H2,1H3,(H,33,34)/b19-11+. The molecule has 0 unspecified atom stereocenters. The van der Waals surface area contributed by atoms with E-state index in [1.165, 1.54) is 29.5 Å². The van der Waals surface area contributed by atoms with Crippen molar-refractivity contribution in [1.82, 2.24) is 0 Å². The molecule has 0 saturated carbocycles. The smallest absolute Gasteiger partial charge is 0.266 e. The molecular weight excluding hydrogens is 513 g/mol. The first kappa shape index (κ1) is 26.2. The Kier molecular flexibility index (Phi) is 8.45. The maximum absolute atomic E-state index is 13.2. The van der Waals surface area contributed by atoms with Crippen LogP contribution in [-0.4, -0.2) is 12.5 Å². The van der Waals surface area contributed by atoms with E-state index in [4.69, 9.17) is 21.1 Å². The quantitative estimate of drug-likeness (QED) is 0.252. The van der Waals surface area contributed by atoms with E-state index >= 15 is 0 Å². The molecule has 1 heterocycles. The number of nitriles is 2. The van der Waals surface area contributed by atoms with Gasteiger partial charge in [-0.1, -0.05) is 23.7 Å². The summed E-state index contributed by atoms with van der Waals surface area (Å²) in [5.74, 6) is -0.300. The average Bonchev–Trinajstić information content (AvgIpc) is 3.24. The van der Waals surface area contributed by atoms with Crippen LogP contribution in [0.5, 0.6) is 11.5 Å². The van der Waals surface area contributed by atoms with Crippen LogP contribution < -0.4 is 14.8 Å². The molecule has 1 aliphatic rings. The first-order chi connectivity index (χ1) is 17.9. The van der Waals surface area contributed by atoms with Crippen LogP contribution in [0.1, 0.15) is 46.9 Å². The van der Waals surface area contributed by atoms with Gasteiger partial charge in [-0.25, -0.2) is 4.39 Å². The molecule has 3 aromatic rings. The first-order valence-electron chi connectivity index (χ1n) is 11.7. The van der Waals surface area contributed by atoms with Gasteiger partial charge in [-0.2, -0.15) is 10.5 Å². The molecule has 1 aromatic heterocycles. The van der Waals surface area contributed by atoms with Crippen LogP contribution >= 0.6 is 22.9 Å². The SMILES string of the molecule is CCOc1cc(/C=C(\C#N)C(=O)Nc2sc3c(c2C#N)CCCC3)cc(Cl)c1OCc1ccc(F)cc1. The molecule has 0 spiro atoms. The summed E-state index contributed by atoms with van der Waals surface area (Å²) in [4.78, 5) is 14.1. The lowest BCUT2D eigenvalue weighted by atomic mass is 9.96. The molecule has 37 heavy (non-hydrogen) atoms. The number of amides is 1. The number of fused-ring (bicyclic) bond motifs is 1. The third kappa shape index (κ3) is 6.11. The second-order valence-corrected chi connectivity index (χ2v) is 9.84. The zero-order valence-electron chi connectivity index (χ0n) is 20.1. The molecule has 9 heteroatoms. The number of hydrogen-bond donors (Lipinski definition) is 1. The minimum Gasteiger partial charge on any atom is -0.490 e. The zero-order valence-corrected chi connectivity index (χ0v) is 21.6. The van der Waals surface area contributed by atoms with Crippen molar-refractivity contribution in [2.24, 2.45) is 0 Å². The highest BCUT2D eigenvalue weighted by molar-refractivity contribution is 7.16. The van der Waals surface area contributed by atoms with E-state index in [0.29, 0.717) is 34.2 Å². The Balaban J connectivity index is 1.57. The number of carbonyl (C=O) groups is 1. The Morgan fingerprint density at radius 2 is 1.95 bits per heavy atom. The lowest BCUT2D eigenvalue weighted by Crippen LogP contribution is -2.13. The van der Waals surface area contributed by atoms with Crippen molar-refractivity contribution < 1.29 is 18.7 Å². The highest BCUT2D eigenvalue weighted by Gasteiger charge is 2.23. The maximum Gasteiger partial charge on any atom is 0.266 e. The lowest BCUT2D eigenvalue weighted by Gasteiger charge is -2.15. The summed E-state index contributed by atoms with van der Waals surface area (Å²) in [6.07, 6.45) is 5.19. The van der Waals surface area contributed by atoms with Crippen LogP contribution in [0.25, 0.3) is 6.08 Å². The number of thiophene rings is 1. The Bertz CT molecular complexity index is 1430. The normalized spacial score (nSPS) is 12.7. The van der Waals surface area contributed by atoms with Gasteiger partial charge in [0.15, 0.2) is 11.5 Å². The number of rotatable bonds is 8. The van der Waals surface area contributed by atoms with Gasteiger partial charge in [-0.05, 0) is 79.6 Å². The Morgan fingerprint density at radius 1 is 1.19 bits per heavy atom. The minimum atomic E-state index is -0.608. The summed E-state index contributed by atoms with van der Waals surface area (Å²) in [6.45, 7) is 2.29. The highest BCUT2D eigenvalue weighted by Crippen LogP contribution is 2.39. The van der Waals surface area contributed by atoms with Crippen molar-refractivity contribution in [3.63, 3.8) is 0 Å². The molecule has 2 aromatic carbocycles. The van der Waals surface area contributed by atoms with E-state index in [9.17, 15) is 19.7 Å². The van der Waals surface area contributed by atoms with Crippen LogP contribution in [0.4, 0.5) is 9.39 Å². The van der Waals surface area contributed by atoms with Crippen LogP contribution in [0.3, 0.4) is 0 Å². The topological polar surface area (TPSA) is 95.1 Å². The van der Waals surface area contributed by atoms with Gasteiger partial charge in [-0.15, -0.1) is 11.3 Å². The molecule has 0 atom stereocenters. The van der Waals surface area contributed by atoms with Gasteiger partial charge in [0, 0.05) is 4.88 Å². The molecule has 1 aliphatic carbocycles. The molecule has 0 bridgehead atoms. The maximum atomic E-state index is 13.2. The van der Waals surface area contributed by atoms with E-state index in [-0.39, 0.29) is 23.0 Å². The fourth-order valence-electron chi connectivity index (χ4n) is 4.07. The van der Waals surface area contributed by atoms with Gasteiger partial charge < -0.3 is 14.8 Å². The van der Waals surface area contributed by atoms with Crippen LogP contribution in [0.15, 0.2) is 42.0 Å². The number of hydrogen-bond acceptors (Lipinski definition) is 6. The third-order valence-electron chi connectivity index (χ3n) is 5.81. The molecule has 4 rings (SSSR count). The number of nitrogens with zero attached hydrogens (tertiary/aromatic N) is 2. The number of anilines is 1. The monoisotopic (exact) mass is 535 g/mol. The molecule has 6 nitrogen and oxygen atoms in total. The summed E-state index contributed by atoms with van der Waals surface area (Å²) in [7, 11) is 0. The largest absolute Gasteiger partial charge is 0.490 e. The number of nitrogens with one attached hydrogen (secondary N) is 1. The summed E-state index contributed by atoms with van der Waals surface area (Å²) in [5, 5.41) is 22.8. The van der Waals surface area contributed by atoms with E-state index in [1.54, 1.807) is 24.3 Å². The zero-order chi connectivity index (χ0) is 26.4. The first-order valence-corrected chi connectivity index (χ1v) is 12.9. The summed E-state index contributed by atoms with van der Waals surface area (Å²) in [6, 6.07) is 13.2. The fourth-order valence-corrected chi connectivity index (χ4v) is 5.58. The highest BCUT2D eigenvalue weighted by atomic mass is 35.5. The molecule has 1 amide bonds. The van der Waals surface area contributed by atoms with Crippen molar-refractivity contribution in [3.05, 3.63) is 79.9 Å². The van der Waals surface area contributed by atoms with Gasteiger partial charge in [0.2, 0.25) is 0 Å². The Hall–Kier alpha value is -3.85. The summed E-state index contributed by atoms with van der Waals surface area (Å²) < 4.78 is 24.7. The van der Waals surface area contributed by atoms with Gasteiger partial charge >= 0.3 is 0 Å². The van der Waals surface area contributed by atoms with Crippen LogP contribution in [0.2, 0.25) is 5.02 Å². The van der Waals surface area contributed by atoms with Crippen molar-refractivity contribution >= 4 is 39.9 Å². The molecule has 0 saturated heterocycles. The Morgan fingerprint density at radius 3 is 2.65 bits per heavy atom. The molecular formula is C28H23ClFN3O3S. The van der Waals surface area contributed by atoms with Crippen LogP contribution in [0, 0.1) is 28.5 Å². The molecule has 188 valence electrons. The molecule has 1 N–H and O–H groups in total. The van der Waals surface area contributed by atoms with E-state index in [2.05, 4.69) is 11.4 Å². The minimum absolute atomic E-state index is 0.145. The number of carbonyl (C=O) groups excluding carboxylic acids is 1. The molecule has 0 aliphatic heterocycles. The second-order valence-electron chi connectivity index (χ2n) is 8.33. The summed E-state index contributed by atoms with van der Waals surface area (Å²) >= 11 is 7.88. The lowest BCUT2D eigenvalue weighted by molar-refractivity contribution is -0.112. The number of ether oxygens (including phenoxy) is 2. The molecule has 0 fully saturated rings. The fraction of sp³-hybridized carbons (Fsp3) is 0.250. The average molecular weight is 536 g/mol. The van der Waals surface area contributed by atoms with Crippen molar-refractivity contribution in [1.29, 1.82) is 10.5 Å². The van der Waals surface area contributed by atoms with E-state index in [1.807, 2.05) is 13.0 Å². The van der Waals surface area contributed by atoms with Gasteiger partial charge in [0.25, 0.3) is 5.91 Å². The number of aryl methyl sites for hydroxylation is 1. The third-order valence-corrected chi connectivity index (χ3v) is 7.30. The van der Waals surface area contributed by atoms with E-state index < -0.39 is 5.91 Å². The van der Waals surface area contributed by atoms with E-state index in [0.717, 1.165) is 41.7 Å². The summed E-state index contributed by atoms with van der Waals surface area (Å²) in [5.41, 5.74) is 2.56. The predicted octanol–water partition coefficient (Wildman–Crippen LogP) is 6.81. The van der Waals surface area contributed by atoms with Gasteiger partial charge in [0.05, 0.1) is 17.2 Å². The van der Waals surface area contributed by atoms with Crippen molar-refractivity contribution in [3.8, 4) is 23.6 Å². The van der Waals surface area contributed by atoms with Crippen LogP contribution in [-0.2, 0) is 24.2 Å². The van der Waals surface area contributed by atoms with Gasteiger partial charge in [-0.3, -0.25) is 4.79 Å². The Labute approximate surface area is 223 Å². The number of benzene rings is 2. The van der Waals surface area contributed by atoms with Crippen molar-refractivity contribution in [2.75, 3.05) is 11.9 Å². The predicted molar refractivity (Wildman–Crippen MR) is 141 cm³/mol.